The minimum absolute atomic E-state index is 0.0578. The van der Waals surface area contributed by atoms with E-state index in [2.05, 4.69) is 10.6 Å². The molecule has 0 radical (unpaired) electrons. The van der Waals surface area contributed by atoms with Gasteiger partial charge in [0.2, 0.25) is 11.8 Å². The van der Waals surface area contributed by atoms with E-state index in [1.54, 1.807) is 12.1 Å². The van der Waals surface area contributed by atoms with Crippen LogP contribution in [0.1, 0.15) is 44.9 Å². The molecule has 0 fully saturated rings. The highest BCUT2D eigenvalue weighted by Gasteiger charge is 2.16. The van der Waals surface area contributed by atoms with E-state index >= 15 is 0 Å². The standard InChI is InChI=1S/C14H22N2O4/c1-10(2)15-13(18)6-3-7-14(19)16-11(9-17)12-5-4-8-20-12/h4-5,8,10-11,17H,3,6-7,9H2,1-2H3,(H,15,18)(H,16,19). The molecule has 0 aromatic carbocycles. The molecule has 1 aromatic heterocycles. The van der Waals surface area contributed by atoms with Crippen LogP contribution >= 0.6 is 0 Å². The summed E-state index contributed by atoms with van der Waals surface area (Å²) < 4.78 is 5.14. The number of aliphatic hydroxyl groups excluding tert-OH is 1. The van der Waals surface area contributed by atoms with E-state index in [0.717, 1.165) is 0 Å². The first-order chi connectivity index (χ1) is 9.52. The van der Waals surface area contributed by atoms with Crippen LogP contribution < -0.4 is 10.6 Å². The third-order valence-electron chi connectivity index (χ3n) is 2.66. The van der Waals surface area contributed by atoms with Gasteiger partial charge in [0.05, 0.1) is 12.9 Å². The Labute approximate surface area is 118 Å². The van der Waals surface area contributed by atoms with Gasteiger partial charge in [0.25, 0.3) is 0 Å². The molecule has 1 rings (SSSR count). The zero-order valence-corrected chi connectivity index (χ0v) is 11.9. The first-order valence-electron chi connectivity index (χ1n) is 6.76. The number of rotatable bonds is 8. The predicted molar refractivity (Wildman–Crippen MR) is 73.8 cm³/mol. The number of hydrogen-bond donors (Lipinski definition) is 3. The Morgan fingerprint density at radius 1 is 1.25 bits per heavy atom. The van der Waals surface area contributed by atoms with E-state index < -0.39 is 6.04 Å². The average Bonchev–Trinajstić information content (AvgIpc) is 2.88. The predicted octanol–water partition coefficient (Wildman–Crippen LogP) is 1.12. The van der Waals surface area contributed by atoms with Crippen molar-refractivity contribution in [3.63, 3.8) is 0 Å². The molecule has 0 aliphatic heterocycles. The molecular formula is C14H22N2O4. The Hall–Kier alpha value is -1.82. The number of hydrogen-bond acceptors (Lipinski definition) is 4. The minimum Gasteiger partial charge on any atom is -0.467 e. The Kier molecular flexibility index (Phi) is 6.79. The van der Waals surface area contributed by atoms with E-state index in [1.165, 1.54) is 6.26 Å². The monoisotopic (exact) mass is 282 g/mol. The maximum atomic E-state index is 11.7. The van der Waals surface area contributed by atoms with Gasteiger partial charge >= 0.3 is 0 Å². The van der Waals surface area contributed by atoms with Gasteiger partial charge in [-0.2, -0.15) is 0 Å². The minimum atomic E-state index is -0.540. The van der Waals surface area contributed by atoms with Crippen LogP contribution in [0.4, 0.5) is 0 Å². The number of aliphatic hydroxyl groups is 1. The quantitative estimate of drug-likeness (QED) is 0.666. The van der Waals surface area contributed by atoms with Crippen LogP contribution in [0.25, 0.3) is 0 Å². The highest BCUT2D eigenvalue weighted by atomic mass is 16.3. The van der Waals surface area contributed by atoms with Crippen LogP contribution in [0.15, 0.2) is 22.8 Å². The van der Waals surface area contributed by atoms with Gasteiger partial charge in [-0.25, -0.2) is 0 Å². The van der Waals surface area contributed by atoms with E-state index in [4.69, 9.17) is 4.42 Å². The van der Waals surface area contributed by atoms with E-state index in [1.807, 2.05) is 13.8 Å². The van der Waals surface area contributed by atoms with Gasteiger partial charge in [0, 0.05) is 18.9 Å². The van der Waals surface area contributed by atoms with Gasteiger partial charge in [-0.15, -0.1) is 0 Å². The van der Waals surface area contributed by atoms with Crippen molar-refractivity contribution >= 4 is 11.8 Å². The number of carbonyl (C=O) groups is 2. The maximum Gasteiger partial charge on any atom is 0.220 e. The van der Waals surface area contributed by atoms with Crippen molar-refractivity contribution in [2.45, 2.75) is 45.2 Å². The lowest BCUT2D eigenvalue weighted by Gasteiger charge is -2.14. The molecule has 6 nitrogen and oxygen atoms in total. The fraction of sp³-hybridized carbons (Fsp3) is 0.571. The molecule has 20 heavy (non-hydrogen) atoms. The fourth-order valence-corrected chi connectivity index (χ4v) is 1.77. The molecule has 1 unspecified atom stereocenters. The van der Waals surface area contributed by atoms with Gasteiger partial charge in [-0.3, -0.25) is 9.59 Å². The third-order valence-corrected chi connectivity index (χ3v) is 2.66. The molecule has 0 aliphatic carbocycles. The van der Waals surface area contributed by atoms with Crippen LogP contribution in [-0.2, 0) is 9.59 Å². The van der Waals surface area contributed by atoms with Crippen molar-refractivity contribution in [1.29, 1.82) is 0 Å². The van der Waals surface area contributed by atoms with E-state index in [0.29, 0.717) is 18.6 Å². The smallest absolute Gasteiger partial charge is 0.220 e. The molecule has 0 aliphatic rings. The second-order valence-electron chi connectivity index (χ2n) is 4.89. The summed E-state index contributed by atoms with van der Waals surface area (Å²) in [6, 6.07) is 2.95. The lowest BCUT2D eigenvalue weighted by Crippen LogP contribution is -2.32. The molecule has 1 heterocycles. The number of nitrogens with one attached hydrogen (secondary N) is 2. The molecule has 1 aromatic rings. The van der Waals surface area contributed by atoms with E-state index in [9.17, 15) is 14.7 Å². The van der Waals surface area contributed by atoms with Crippen LogP contribution in [0, 0.1) is 0 Å². The molecule has 2 amide bonds. The van der Waals surface area contributed by atoms with Crippen molar-refractivity contribution in [2.75, 3.05) is 6.61 Å². The van der Waals surface area contributed by atoms with Crippen molar-refractivity contribution in [1.82, 2.24) is 10.6 Å². The summed E-state index contributed by atoms with van der Waals surface area (Å²) in [6.45, 7) is 3.55. The Morgan fingerprint density at radius 2 is 1.90 bits per heavy atom. The van der Waals surface area contributed by atoms with Crippen LogP contribution in [0.2, 0.25) is 0 Å². The van der Waals surface area contributed by atoms with Crippen LogP contribution in [0.3, 0.4) is 0 Å². The molecule has 0 saturated heterocycles. The summed E-state index contributed by atoms with van der Waals surface area (Å²) in [6.07, 6.45) is 2.51. The Morgan fingerprint density at radius 3 is 2.40 bits per heavy atom. The first kappa shape index (κ1) is 16.2. The molecule has 112 valence electrons. The van der Waals surface area contributed by atoms with Crippen molar-refractivity contribution in [2.24, 2.45) is 0 Å². The molecule has 0 saturated carbocycles. The highest BCUT2D eigenvalue weighted by molar-refractivity contribution is 5.79. The Bertz CT molecular complexity index is 415. The molecule has 6 heteroatoms. The summed E-state index contributed by atoms with van der Waals surface area (Å²) in [7, 11) is 0. The number of carbonyl (C=O) groups excluding carboxylic acids is 2. The van der Waals surface area contributed by atoms with Crippen molar-refractivity contribution < 1.29 is 19.1 Å². The van der Waals surface area contributed by atoms with E-state index in [-0.39, 0.29) is 30.9 Å². The van der Waals surface area contributed by atoms with Crippen molar-refractivity contribution in [3.05, 3.63) is 24.2 Å². The van der Waals surface area contributed by atoms with Gasteiger partial charge in [0.15, 0.2) is 0 Å². The topological polar surface area (TPSA) is 91.6 Å². The average molecular weight is 282 g/mol. The van der Waals surface area contributed by atoms with Crippen molar-refractivity contribution in [3.8, 4) is 0 Å². The largest absolute Gasteiger partial charge is 0.467 e. The Balaban J connectivity index is 2.27. The molecule has 0 bridgehead atoms. The normalized spacial score (nSPS) is 12.2. The van der Waals surface area contributed by atoms with Gasteiger partial charge in [0.1, 0.15) is 11.8 Å². The summed E-state index contributed by atoms with van der Waals surface area (Å²) in [5.74, 6) is 0.244. The summed E-state index contributed by atoms with van der Waals surface area (Å²) in [4.78, 5) is 23.1. The van der Waals surface area contributed by atoms with Crippen LogP contribution in [0.5, 0.6) is 0 Å². The molecule has 0 spiro atoms. The zero-order valence-electron chi connectivity index (χ0n) is 11.9. The van der Waals surface area contributed by atoms with Gasteiger partial charge in [-0.1, -0.05) is 0 Å². The number of furan rings is 1. The SMILES string of the molecule is CC(C)NC(=O)CCCC(=O)NC(CO)c1ccco1. The molecule has 1 atom stereocenters. The number of amides is 2. The van der Waals surface area contributed by atoms with Gasteiger partial charge in [-0.05, 0) is 32.4 Å². The summed E-state index contributed by atoms with van der Waals surface area (Å²) in [5.41, 5.74) is 0. The fourth-order valence-electron chi connectivity index (χ4n) is 1.77. The zero-order chi connectivity index (χ0) is 15.0. The van der Waals surface area contributed by atoms with Crippen LogP contribution in [-0.4, -0.2) is 29.6 Å². The molecule has 3 N–H and O–H groups in total. The second-order valence-corrected chi connectivity index (χ2v) is 4.89. The first-order valence-corrected chi connectivity index (χ1v) is 6.76. The lowest BCUT2D eigenvalue weighted by atomic mass is 10.2. The highest BCUT2D eigenvalue weighted by Crippen LogP contribution is 2.13. The maximum absolute atomic E-state index is 11.7. The second kappa shape index (κ2) is 8.37. The van der Waals surface area contributed by atoms with Gasteiger partial charge < -0.3 is 20.2 Å². The molecular weight excluding hydrogens is 260 g/mol. The summed E-state index contributed by atoms with van der Waals surface area (Å²) >= 11 is 0. The lowest BCUT2D eigenvalue weighted by molar-refractivity contribution is -0.123. The third kappa shape index (κ3) is 5.88. The summed E-state index contributed by atoms with van der Waals surface area (Å²) in [5, 5.41) is 14.7.